The average Bonchev–Trinajstić information content (AvgIpc) is 3.17. The summed E-state index contributed by atoms with van der Waals surface area (Å²) in [6.45, 7) is 3.38. The van der Waals surface area contributed by atoms with E-state index >= 15 is 0 Å². The molecular formula is C18H25F2N3O2. The summed E-state index contributed by atoms with van der Waals surface area (Å²) < 4.78 is 38.5. The van der Waals surface area contributed by atoms with Gasteiger partial charge in [0.2, 0.25) is 0 Å². The monoisotopic (exact) mass is 353 g/mol. The summed E-state index contributed by atoms with van der Waals surface area (Å²) in [5.41, 5.74) is 0.363. The van der Waals surface area contributed by atoms with Gasteiger partial charge in [-0.15, -0.1) is 0 Å². The second-order valence-electron chi connectivity index (χ2n) is 6.34. The second kappa shape index (κ2) is 8.58. The Morgan fingerprint density at radius 1 is 1.28 bits per heavy atom. The Morgan fingerprint density at radius 3 is 2.88 bits per heavy atom. The van der Waals surface area contributed by atoms with Crippen LogP contribution in [0.2, 0.25) is 0 Å². The minimum Gasteiger partial charge on any atom is -0.375 e. The van der Waals surface area contributed by atoms with Crippen molar-refractivity contribution >= 4 is 5.96 Å². The number of nitrogens with zero attached hydrogens (tertiary/aromatic N) is 2. The van der Waals surface area contributed by atoms with E-state index in [0.717, 1.165) is 44.6 Å². The molecule has 0 aromatic heterocycles. The molecule has 1 N–H and O–H groups in total. The highest BCUT2D eigenvalue weighted by molar-refractivity contribution is 5.80. The topological polar surface area (TPSA) is 46.1 Å². The first kappa shape index (κ1) is 18.1. The van der Waals surface area contributed by atoms with Crippen molar-refractivity contribution in [1.29, 1.82) is 0 Å². The number of morpholine rings is 1. The minimum absolute atomic E-state index is 0.0514. The van der Waals surface area contributed by atoms with E-state index in [0.29, 0.717) is 25.1 Å². The van der Waals surface area contributed by atoms with Crippen LogP contribution >= 0.6 is 0 Å². The fraction of sp³-hybridized carbons (Fsp3) is 0.611. The lowest BCUT2D eigenvalue weighted by molar-refractivity contribution is -0.0816. The van der Waals surface area contributed by atoms with Crippen LogP contribution in [-0.2, 0) is 15.9 Å². The van der Waals surface area contributed by atoms with Crippen LogP contribution in [0, 0.1) is 11.6 Å². The highest BCUT2D eigenvalue weighted by Crippen LogP contribution is 2.21. The first-order valence-electron chi connectivity index (χ1n) is 8.80. The van der Waals surface area contributed by atoms with Gasteiger partial charge in [-0.25, -0.2) is 8.78 Å². The summed E-state index contributed by atoms with van der Waals surface area (Å²) in [5.74, 6) is -0.832. The summed E-state index contributed by atoms with van der Waals surface area (Å²) in [5, 5.41) is 3.24. The number of hydrogen-bond donors (Lipinski definition) is 1. The molecule has 138 valence electrons. The maximum absolute atomic E-state index is 13.7. The Kier molecular flexibility index (Phi) is 6.20. The Balaban J connectivity index is 1.52. The maximum Gasteiger partial charge on any atom is 0.193 e. The number of rotatable bonds is 4. The standard InChI is InChI=1S/C18H25F2N3O2/c1-21-18(22-8-7-13-4-2-5-14(19)17(13)20)23-9-11-25-16(12-23)15-6-3-10-24-15/h2,4-5,15-16H,3,6-12H2,1H3,(H,21,22). The molecule has 5 nitrogen and oxygen atoms in total. The van der Waals surface area contributed by atoms with Gasteiger partial charge in [0, 0.05) is 33.3 Å². The predicted molar refractivity (Wildman–Crippen MR) is 91.7 cm³/mol. The highest BCUT2D eigenvalue weighted by atomic mass is 19.2. The van der Waals surface area contributed by atoms with E-state index in [9.17, 15) is 8.78 Å². The molecule has 2 fully saturated rings. The van der Waals surface area contributed by atoms with Gasteiger partial charge in [0.15, 0.2) is 17.6 Å². The molecule has 0 aliphatic carbocycles. The number of halogens is 2. The average molecular weight is 353 g/mol. The Labute approximate surface area is 147 Å². The molecule has 2 saturated heterocycles. The van der Waals surface area contributed by atoms with Gasteiger partial charge in [0.25, 0.3) is 0 Å². The van der Waals surface area contributed by atoms with Crippen LogP contribution in [0.25, 0.3) is 0 Å². The van der Waals surface area contributed by atoms with Crippen LogP contribution in [0.1, 0.15) is 18.4 Å². The zero-order chi connectivity index (χ0) is 17.6. The van der Waals surface area contributed by atoms with E-state index in [1.165, 1.54) is 6.07 Å². The summed E-state index contributed by atoms with van der Waals surface area (Å²) in [7, 11) is 1.72. The highest BCUT2D eigenvalue weighted by Gasteiger charge is 2.32. The molecule has 1 aromatic rings. The molecule has 1 aromatic carbocycles. The van der Waals surface area contributed by atoms with Crippen molar-refractivity contribution in [2.75, 3.05) is 39.9 Å². The second-order valence-corrected chi connectivity index (χ2v) is 6.34. The van der Waals surface area contributed by atoms with E-state index in [2.05, 4.69) is 15.2 Å². The van der Waals surface area contributed by atoms with Gasteiger partial charge < -0.3 is 19.7 Å². The molecule has 0 saturated carbocycles. The third kappa shape index (κ3) is 4.46. The molecule has 0 bridgehead atoms. The van der Waals surface area contributed by atoms with E-state index in [1.807, 2.05) is 0 Å². The number of nitrogens with one attached hydrogen (secondary N) is 1. The number of benzene rings is 1. The summed E-state index contributed by atoms with van der Waals surface area (Å²) in [4.78, 5) is 6.45. The Hall–Kier alpha value is -1.73. The number of ether oxygens (including phenoxy) is 2. The van der Waals surface area contributed by atoms with Gasteiger partial charge in [-0.3, -0.25) is 4.99 Å². The first-order chi connectivity index (χ1) is 12.2. The predicted octanol–water partition coefficient (Wildman–Crippen LogP) is 1.96. The molecule has 2 heterocycles. The van der Waals surface area contributed by atoms with Crippen molar-refractivity contribution in [1.82, 2.24) is 10.2 Å². The normalized spacial score (nSPS) is 24.6. The van der Waals surface area contributed by atoms with Crippen molar-refractivity contribution < 1.29 is 18.3 Å². The molecule has 2 unspecified atom stereocenters. The van der Waals surface area contributed by atoms with Crippen molar-refractivity contribution in [3.05, 3.63) is 35.4 Å². The zero-order valence-corrected chi connectivity index (χ0v) is 14.5. The zero-order valence-electron chi connectivity index (χ0n) is 14.5. The fourth-order valence-electron chi connectivity index (χ4n) is 3.37. The SMILES string of the molecule is CN=C(NCCc1cccc(F)c1F)N1CCOC(C2CCCO2)C1. The molecule has 2 atom stereocenters. The molecular weight excluding hydrogens is 328 g/mol. The van der Waals surface area contributed by atoms with Gasteiger partial charge in [0.1, 0.15) is 6.10 Å². The Bertz CT molecular complexity index is 606. The molecule has 7 heteroatoms. The van der Waals surface area contributed by atoms with Gasteiger partial charge in [-0.2, -0.15) is 0 Å². The van der Waals surface area contributed by atoms with E-state index in [1.54, 1.807) is 13.1 Å². The third-order valence-electron chi connectivity index (χ3n) is 4.69. The molecule has 0 spiro atoms. The molecule has 2 aliphatic heterocycles. The smallest absolute Gasteiger partial charge is 0.193 e. The molecule has 3 rings (SSSR count). The lowest BCUT2D eigenvalue weighted by Crippen LogP contribution is -2.53. The van der Waals surface area contributed by atoms with Crippen LogP contribution < -0.4 is 5.32 Å². The van der Waals surface area contributed by atoms with Crippen LogP contribution in [-0.4, -0.2) is 63.0 Å². The van der Waals surface area contributed by atoms with Gasteiger partial charge in [-0.05, 0) is 30.9 Å². The largest absolute Gasteiger partial charge is 0.375 e. The lowest BCUT2D eigenvalue weighted by Gasteiger charge is -2.37. The van der Waals surface area contributed by atoms with Crippen molar-refractivity contribution in [3.8, 4) is 0 Å². The quantitative estimate of drug-likeness (QED) is 0.664. The third-order valence-corrected chi connectivity index (χ3v) is 4.69. The van der Waals surface area contributed by atoms with Gasteiger partial charge in [0.05, 0.1) is 12.7 Å². The first-order valence-corrected chi connectivity index (χ1v) is 8.80. The Morgan fingerprint density at radius 2 is 2.12 bits per heavy atom. The number of aliphatic imine (C=N–C) groups is 1. The molecule has 0 radical (unpaired) electrons. The fourth-order valence-corrected chi connectivity index (χ4v) is 3.37. The number of hydrogen-bond acceptors (Lipinski definition) is 3. The van der Waals surface area contributed by atoms with Crippen molar-refractivity contribution in [2.24, 2.45) is 4.99 Å². The minimum atomic E-state index is -0.811. The maximum atomic E-state index is 13.7. The van der Waals surface area contributed by atoms with Crippen molar-refractivity contribution in [3.63, 3.8) is 0 Å². The summed E-state index contributed by atoms with van der Waals surface area (Å²) in [6, 6.07) is 4.26. The van der Waals surface area contributed by atoms with E-state index in [-0.39, 0.29) is 12.2 Å². The number of guanidine groups is 1. The van der Waals surface area contributed by atoms with Crippen LogP contribution in [0.5, 0.6) is 0 Å². The van der Waals surface area contributed by atoms with E-state index < -0.39 is 11.6 Å². The van der Waals surface area contributed by atoms with Gasteiger partial charge >= 0.3 is 0 Å². The summed E-state index contributed by atoms with van der Waals surface area (Å²) >= 11 is 0. The van der Waals surface area contributed by atoms with Gasteiger partial charge in [-0.1, -0.05) is 12.1 Å². The lowest BCUT2D eigenvalue weighted by atomic mass is 10.1. The van der Waals surface area contributed by atoms with Crippen LogP contribution in [0.15, 0.2) is 23.2 Å². The van der Waals surface area contributed by atoms with E-state index in [4.69, 9.17) is 9.47 Å². The van der Waals surface area contributed by atoms with Crippen LogP contribution in [0.4, 0.5) is 8.78 Å². The molecule has 25 heavy (non-hydrogen) atoms. The summed E-state index contributed by atoms with van der Waals surface area (Å²) in [6.07, 6.45) is 2.71. The molecule has 2 aliphatic rings. The molecule has 0 amide bonds. The van der Waals surface area contributed by atoms with Crippen LogP contribution in [0.3, 0.4) is 0 Å². The van der Waals surface area contributed by atoms with Crippen molar-refractivity contribution in [2.45, 2.75) is 31.5 Å².